The summed E-state index contributed by atoms with van der Waals surface area (Å²) in [6.07, 6.45) is 6.46. The van der Waals surface area contributed by atoms with Gasteiger partial charge in [0, 0.05) is 12.6 Å². The number of urea groups is 1. The van der Waals surface area contributed by atoms with Crippen molar-refractivity contribution in [3.8, 4) is 0 Å². The number of carbonyl (C=O) groups excluding carboxylic acids is 1. The first kappa shape index (κ1) is 12.9. The summed E-state index contributed by atoms with van der Waals surface area (Å²) in [4.78, 5) is 25.2. The minimum Gasteiger partial charge on any atom is -0.480 e. The van der Waals surface area contributed by atoms with E-state index in [9.17, 15) is 14.7 Å². The fourth-order valence-corrected chi connectivity index (χ4v) is 2.57. The Bertz CT molecular complexity index is 357. The number of hydrogen-bond donors (Lipinski definition) is 2. The van der Waals surface area contributed by atoms with Crippen LogP contribution >= 0.6 is 0 Å². The van der Waals surface area contributed by atoms with Crippen molar-refractivity contribution in [3.05, 3.63) is 12.7 Å². The van der Waals surface area contributed by atoms with Crippen LogP contribution in [0.4, 0.5) is 4.79 Å². The first-order valence-electron chi connectivity index (χ1n) is 6.52. The SMILES string of the molecule is C=CCN(C(=O)NC1(C(=O)O)CCCC1)C1CC1. The van der Waals surface area contributed by atoms with Crippen LogP contribution in [-0.2, 0) is 4.79 Å². The standard InChI is InChI=1S/C13H20N2O3/c1-2-9-15(10-5-6-10)12(18)14-13(11(16)17)7-3-4-8-13/h2,10H,1,3-9H2,(H,14,18)(H,16,17). The van der Waals surface area contributed by atoms with E-state index in [-0.39, 0.29) is 12.1 Å². The van der Waals surface area contributed by atoms with Gasteiger partial charge in [-0.3, -0.25) is 0 Å². The minimum atomic E-state index is -1.05. The second-order valence-electron chi connectivity index (χ2n) is 5.20. The van der Waals surface area contributed by atoms with Crippen LogP contribution in [0.1, 0.15) is 38.5 Å². The molecule has 0 aromatic carbocycles. The van der Waals surface area contributed by atoms with Crippen LogP contribution in [0, 0.1) is 0 Å². The number of amides is 2. The van der Waals surface area contributed by atoms with Gasteiger partial charge in [0.1, 0.15) is 5.54 Å². The number of carboxylic acid groups (broad SMARTS) is 1. The van der Waals surface area contributed by atoms with Crippen molar-refractivity contribution in [3.63, 3.8) is 0 Å². The summed E-state index contributed by atoms with van der Waals surface area (Å²) < 4.78 is 0. The maximum absolute atomic E-state index is 12.2. The largest absolute Gasteiger partial charge is 0.480 e. The van der Waals surface area contributed by atoms with Gasteiger partial charge in [-0.25, -0.2) is 9.59 Å². The van der Waals surface area contributed by atoms with Gasteiger partial charge in [0.2, 0.25) is 0 Å². The fourth-order valence-electron chi connectivity index (χ4n) is 2.57. The lowest BCUT2D eigenvalue weighted by Gasteiger charge is -2.30. The van der Waals surface area contributed by atoms with E-state index in [1.807, 2.05) is 0 Å². The Labute approximate surface area is 107 Å². The van der Waals surface area contributed by atoms with Crippen LogP contribution < -0.4 is 5.32 Å². The fraction of sp³-hybridized carbons (Fsp3) is 0.692. The van der Waals surface area contributed by atoms with Crippen LogP contribution in [0.2, 0.25) is 0 Å². The third-order valence-corrected chi connectivity index (χ3v) is 3.79. The van der Waals surface area contributed by atoms with Gasteiger partial charge in [0.05, 0.1) is 0 Å². The molecule has 0 aromatic heterocycles. The summed E-state index contributed by atoms with van der Waals surface area (Å²) >= 11 is 0. The zero-order valence-electron chi connectivity index (χ0n) is 10.5. The number of hydrogen-bond acceptors (Lipinski definition) is 2. The molecule has 2 amide bonds. The van der Waals surface area contributed by atoms with Crippen molar-refractivity contribution >= 4 is 12.0 Å². The van der Waals surface area contributed by atoms with Gasteiger partial charge < -0.3 is 15.3 Å². The number of nitrogens with one attached hydrogen (secondary N) is 1. The topological polar surface area (TPSA) is 69.6 Å². The van der Waals surface area contributed by atoms with Crippen LogP contribution in [0.3, 0.4) is 0 Å². The molecule has 0 aliphatic heterocycles. The Morgan fingerprint density at radius 1 is 1.39 bits per heavy atom. The average Bonchev–Trinajstić information content (AvgIpc) is 3.05. The molecule has 18 heavy (non-hydrogen) atoms. The molecule has 2 saturated carbocycles. The van der Waals surface area contributed by atoms with Crippen LogP contribution in [0.5, 0.6) is 0 Å². The Kier molecular flexibility index (Phi) is 3.59. The molecular formula is C13H20N2O3. The van der Waals surface area contributed by atoms with Gasteiger partial charge in [-0.1, -0.05) is 18.9 Å². The van der Waals surface area contributed by atoms with E-state index in [2.05, 4.69) is 11.9 Å². The predicted octanol–water partition coefficient (Wildman–Crippen LogP) is 1.74. The third kappa shape index (κ3) is 2.49. The van der Waals surface area contributed by atoms with Crippen molar-refractivity contribution in [1.29, 1.82) is 0 Å². The van der Waals surface area contributed by atoms with E-state index in [4.69, 9.17) is 0 Å². The van der Waals surface area contributed by atoms with Gasteiger partial charge in [0.25, 0.3) is 0 Å². The van der Waals surface area contributed by atoms with Gasteiger partial charge in [-0.05, 0) is 25.7 Å². The summed E-state index contributed by atoms with van der Waals surface area (Å²) in [7, 11) is 0. The first-order chi connectivity index (χ1) is 8.59. The van der Waals surface area contributed by atoms with Crippen LogP contribution in [0.15, 0.2) is 12.7 Å². The summed E-state index contributed by atoms with van der Waals surface area (Å²) in [5.74, 6) is -0.914. The Hall–Kier alpha value is -1.52. The lowest BCUT2D eigenvalue weighted by atomic mass is 9.98. The normalized spacial score (nSPS) is 21.3. The molecule has 2 N–H and O–H groups in total. The first-order valence-corrected chi connectivity index (χ1v) is 6.52. The smallest absolute Gasteiger partial charge is 0.329 e. The Morgan fingerprint density at radius 3 is 2.44 bits per heavy atom. The molecule has 2 fully saturated rings. The number of carbonyl (C=O) groups is 2. The highest BCUT2D eigenvalue weighted by molar-refractivity contribution is 5.86. The summed E-state index contributed by atoms with van der Waals surface area (Å²) in [5.41, 5.74) is -1.05. The number of rotatable bonds is 5. The number of carboxylic acids is 1. The van der Waals surface area contributed by atoms with Crippen molar-refractivity contribution in [1.82, 2.24) is 10.2 Å². The molecule has 0 radical (unpaired) electrons. The van der Waals surface area contributed by atoms with E-state index in [1.54, 1.807) is 11.0 Å². The monoisotopic (exact) mass is 252 g/mol. The molecule has 0 heterocycles. The maximum Gasteiger partial charge on any atom is 0.329 e. The lowest BCUT2D eigenvalue weighted by molar-refractivity contribution is -0.144. The molecule has 0 saturated heterocycles. The highest BCUT2D eigenvalue weighted by Crippen LogP contribution is 2.32. The highest BCUT2D eigenvalue weighted by Gasteiger charge is 2.44. The molecular weight excluding hydrogens is 232 g/mol. The molecule has 2 aliphatic carbocycles. The molecule has 5 nitrogen and oxygen atoms in total. The molecule has 100 valence electrons. The van der Waals surface area contributed by atoms with Crippen molar-refractivity contribution in [2.45, 2.75) is 50.1 Å². The summed E-state index contributed by atoms with van der Waals surface area (Å²) in [6, 6.07) is -0.00283. The summed E-state index contributed by atoms with van der Waals surface area (Å²) in [5, 5.41) is 12.1. The van der Waals surface area contributed by atoms with E-state index >= 15 is 0 Å². The van der Waals surface area contributed by atoms with Gasteiger partial charge >= 0.3 is 12.0 Å². The number of aliphatic carboxylic acids is 1. The van der Waals surface area contributed by atoms with Crippen molar-refractivity contribution < 1.29 is 14.7 Å². The molecule has 5 heteroatoms. The molecule has 2 rings (SSSR count). The molecule has 0 spiro atoms. The minimum absolute atomic E-state index is 0.259. The molecule has 0 unspecified atom stereocenters. The Morgan fingerprint density at radius 2 is 2.00 bits per heavy atom. The summed E-state index contributed by atoms with van der Waals surface area (Å²) in [6.45, 7) is 4.12. The molecule has 0 bridgehead atoms. The Balaban J connectivity index is 2.03. The van der Waals surface area contributed by atoms with E-state index in [1.165, 1.54) is 0 Å². The zero-order chi connectivity index (χ0) is 13.2. The van der Waals surface area contributed by atoms with E-state index in [0.717, 1.165) is 25.7 Å². The second kappa shape index (κ2) is 5.00. The van der Waals surface area contributed by atoms with Crippen molar-refractivity contribution in [2.24, 2.45) is 0 Å². The van der Waals surface area contributed by atoms with Gasteiger partial charge in [-0.2, -0.15) is 0 Å². The number of nitrogens with zero attached hydrogens (tertiary/aromatic N) is 1. The van der Waals surface area contributed by atoms with Gasteiger partial charge in [0.15, 0.2) is 0 Å². The third-order valence-electron chi connectivity index (χ3n) is 3.79. The van der Waals surface area contributed by atoms with E-state index in [0.29, 0.717) is 19.4 Å². The zero-order valence-corrected chi connectivity index (χ0v) is 10.5. The van der Waals surface area contributed by atoms with Crippen molar-refractivity contribution in [2.75, 3.05) is 6.54 Å². The molecule has 2 aliphatic rings. The average molecular weight is 252 g/mol. The quantitative estimate of drug-likeness (QED) is 0.732. The predicted molar refractivity (Wildman–Crippen MR) is 67.3 cm³/mol. The van der Waals surface area contributed by atoms with Crippen LogP contribution in [0.25, 0.3) is 0 Å². The molecule has 0 aromatic rings. The lowest BCUT2D eigenvalue weighted by Crippen LogP contribution is -2.56. The second-order valence-corrected chi connectivity index (χ2v) is 5.20. The molecule has 0 atom stereocenters. The highest BCUT2D eigenvalue weighted by atomic mass is 16.4. The maximum atomic E-state index is 12.2. The van der Waals surface area contributed by atoms with E-state index < -0.39 is 11.5 Å². The van der Waals surface area contributed by atoms with Crippen LogP contribution in [-0.4, -0.2) is 40.1 Å². The van der Waals surface area contributed by atoms with Gasteiger partial charge in [-0.15, -0.1) is 6.58 Å².